The van der Waals surface area contributed by atoms with Crippen LogP contribution in [0.1, 0.15) is 53.3 Å². The summed E-state index contributed by atoms with van der Waals surface area (Å²) >= 11 is 0. The topological polar surface area (TPSA) is 84.8 Å². The van der Waals surface area contributed by atoms with Gasteiger partial charge in [0.1, 0.15) is 0 Å². The van der Waals surface area contributed by atoms with Crippen molar-refractivity contribution in [3.63, 3.8) is 0 Å². The SMILES string of the molecule is CC(NC(=O)c1cn[nH]c1C1CCOCC1)c1cnn(C)c1. The summed E-state index contributed by atoms with van der Waals surface area (Å²) in [5.74, 6) is 0.206. The van der Waals surface area contributed by atoms with Gasteiger partial charge in [-0.25, -0.2) is 0 Å². The van der Waals surface area contributed by atoms with E-state index in [1.807, 2.05) is 20.2 Å². The first-order valence-corrected chi connectivity index (χ1v) is 7.55. The Balaban J connectivity index is 1.71. The normalized spacial score (nSPS) is 17.4. The molecule has 2 aromatic rings. The van der Waals surface area contributed by atoms with Gasteiger partial charge < -0.3 is 10.1 Å². The molecule has 2 aromatic heterocycles. The largest absolute Gasteiger partial charge is 0.381 e. The van der Waals surface area contributed by atoms with Crippen LogP contribution < -0.4 is 5.32 Å². The number of aryl methyl sites for hydroxylation is 1. The average molecular weight is 303 g/mol. The fourth-order valence-corrected chi connectivity index (χ4v) is 2.80. The third-order valence-electron chi connectivity index (χ3n) is 4.12. The molecule has 118 valence electrons. The molecule has 0 aliphatic carbocycles. The molecule has 0 aromatic carbocycles. The van der Waals surface area contributed by atoms with E-state index in [-0.39, 0.29) is 11.9 Å². The van der Waals surface area contributed by atoms with Gasteiger partial charge in [0.15, 0.2) is 0 Å². The number of aromatic amines is 1. The summed E-state index contributed by atoms with van der Waals surface area (Å²) in [5, 5.41) is 14.2. The van der Waals surface area contributed by atoms with Crippen LogP contribution in [-0.2, 0) is 11.8 Å². The molecule has 1 unspecified atom stereocenters. The van der Waals surface area contributed by atoms with E-state index in [4.69, 9.17) is 4.74 Å². The third-order valence-corrected chi connectivity index (χ3v) is 4.12. The molecule has 7 nitrogen and oxygen atoms in total. The Morgan fingerprint density at radius 2 is 2.23 bits per heavy atom. The van der Waals surface area contributed by atoms with Gasteiger partial charge in [-0.05, 0) is 19.8 Å². The van der Waals surface area contributed by atoms with Crippen molar-refractivity contribution in [2.45, 2.75) is 31.7 Å². The number of carbonyl (C=O) groups is 1. The van der Waals surface area contributed by atoms with Crippen LogP contribution in [0.3, 0.4) is 0 Å². The summed E-state index contributed by atoms with van der Waals surface area (Å²) in [4.78, 5) is 12.5. The number of nitrogens with zero attached hydrogens (tertiary/aromatic N) is 3. The Morgan fingerprint density at radius 3 is 2.91 bits per heavy atom. The molecule has 0 bridgehead atoms. The highest BCUT2D eigenvalue weighted by Gasteiger charge is 2.24. The van der Waals surface area contributed by atoms with E-state index in [9.17, 15) is 4.79 Å². The molecule has 0 saturated carbocycles. The number of nitrogens with one attached hydrogen (secondary N) is 2. The van der Waals surface area contributed by atoms with E-state index < -0.39 is 0 Å². The molecule has 2 N–H and O–H groups in total. The lowest BCUT2D eigenvalue weighted by molar-refractivity contribution is 0.0832. The van der Waals surface area contributed by atoms with Crippen LogP contribution >= 0.6 is 0 Å². The van der Waals surface area contributed by atoms with Crippen molar-refractivity contribution in [2.24, 2.45) is 7.05 Å². The highest BCUT2D eigenvalue weighted by molar-refractivity contribution is 5.95. The predicted molar refractivity (Wildman–Crippen MR) is 80.5 cm³/mol. The first-order valence-electron chi connectivity index (χ1n) is 7.55. The maximum atomic E-state index is 12.5. The smallest absolute Gasteiger partial charge is 0.255 e. The molecular formula is C15H21N5O2. The minimum atomic E-state index is -0.105. The van der Waals surface area contributed by atoms with Crippen molar-refractivity contribution in [3.8, 4) is 0 Å². The molecule has 3 heterocycles. The van der Waals surface area contributed by atoms with Crippen LogP contribution in [0.15, 0.2) is 18.6 Å². The van der Waals surface area contributed by atoms with E-state index in [1.165, 1.54) is 0 Å². The second-order valence-electron chi connectivity index (χ2n) is 5.73. The number of hydrogen-bond donors (Lipinski definition) is 2. The Hall–Kier alpha value is -2.15. The molecule has 1 saturated heterocycles. The van der Waals surface area contributed by atoms with E-state index in [1.54, 1.807) is 17.1 Å². The molecule has 1 aliphatic heterocycles. The minimum Gasteiger partial charge on any atom is -0.381 e. The van der Waals surface area contributed by atoms with Gasteiger partial charge in [-0.2, -0.15) is 10.2 Å². The van der Waals surface area contributed by atoms with Gasteiger partial charge in [-0.1, -0.05) is 0 Å². The van der Waals surface area contributed by atoms with Gasteiger partial charge in [-0.3, -0.25) is 14.6 Å². The minimum absolute atomic E-state index is 0.0985. The molecule has 7 heteroatoms. The Morgan fingerprint density at radius 1 is 1.45 bits per heavy atom. The van der Waals surface area contributed by atoms with E-state index in [2.05, 4.69) is 20.6 Å². The highest BCUT2D eigenvalue weighted by atomic mass is 16.5. The molecule has 22 heavy (non-hydrogen) atoms. The Labute approximate surface area is 129 Å². The molecule has 1 atom stereocenters. The molecule has 3 rings (SSSR count). The first kappa shape index (κ1) is 14.8. The number of carbonyl (C=O) groups excluding carboxylic acids is 1. The van der Waals surface area contributed by atoms with Gasteiger partial charge in [0, 0.05) is 37.9 Å². The summed E-state index contributed by atoms with van der Waals surface area (Å²) in [7, 11) is 1.86. The second-order valence-corrected chi connectivity index (χ2v) is 5.73. The molecule has 0 spiro atoms. The number of rotatable bonds is 4. The highest BCUT2D eigenvalue weighted by Crippen LogP contribution is 2.28. The van der Waals surface area contributed by atoms with Crippen LogP contribution in [0.5, 0.6) is 0 Å². The van der Waals surface area contributed by atoms with Crippen molar-refractivity contribution in [3.05, 3.63) is 35.4 Å². The maximum Gasteiger partial charge on any atom is 0.255 e. The van der Waals surface area contributed by atoms with E-state index in [0.29, 0.717) is 11.5 Å². The number of ether oxygens (including phenoxy) is 1. The summed E-state index contributed by atoms with van der Waals surface area (Å²) in [6.45, 7) is 3.41. The third kappa shape index (κ3) is 3.04. The molecular weight excluding hydrogens is 282 g/mol. The summed E-state index contributed by atoms with van der Waals surface area (Å²) in [6, 6.07) is -0.0985. The van der Waals surface area contributed by atoms with E-state index in [0.717, 1.165) is 37.3 Å². The molecule has 1 aliphatic rings. The van der Waals surface area contributed by atoms with Gasteiger partial charge >= 0.3 is 0 Å². The van der Waals surface area contributed by atoms with Crippen molar-refractivity contribution in [2.75, 3.05) is 13.2 Å². The summed E-state index contributed by atoms with van der Waals surface area (Å²) in [5.41, 5.74) is 2.52. The van der Waals surface area contributed by atoms with E-state index >= 15 is 0 Å². The van der Waals surface area contributed by atoms with Crippen molar-refractivity contribution in [1.82, 2.24) is 25.3 Å². The van der Waals surface area contributed by atoms with Crippen LogP contribution in [0.25, 0.3) is 0 Å². The second kappa shape index (κ2) is 6.31. The Bertz CT molecular complexity index is 642. The van der Waals surface area contributed by atoms with Gasteiger partial charge in [0.25, 0.3) is 5.91 Å². The quantitative estimate of drug-likeness (QED) is 0.897. The van der Waals surface area contributed by atoms with Gasteiger partial charge in [0.05, 0.1) is 29.7 Å². The number of amides is 1. The van der Waals surface area contributed by atoms with Crippen molar-refractivity contribution < 1.29 is 9.53 Å². The number of H-pyrrole nitrogens is 1. The molecule has 1 fully saturated rings. The monoisotopic (exact) mass is 303 g/mol. The molecule has 0 radical (unpaired) electrons. The van der Waals surface area contributed by atoms with Crippen LogP contribution in [0, 0.1) is 0 Å². The first-order chi connectivity index (χ1) is 10.6. The number of aromatic nitrogens is 4. The zero-order chi connectivity index (χ0) is 15.5. The lowest BCUT2D eigenvalue weighted by atomic mass is 9.93. The standard InChI is InChI=1S/C15H21N5O2/c1-10(12-7-17-20(2)9-12)18-15(21)13-8-16-19-14(13)11-3-5-22-6-4-11/h7-11H,3-6H2,1-2H3,(H,16,19)(H,18,21). The van der Waals surface area contributed by atoms with Crippen molar-refractivity contribution in [1.29, 1.82) is 0 Å². The lowest BCUT2D eigenvalue weighted by Gasteiger charge is -2.22. The maximum absolute atomic E-state index is 12.5. The van der Waals surface area contributed by atoms with Crippen LogP contribution in [0.4, 0.5) is 0 Å². The van der Waals surface area contributed by atoms with Gasteiger partial charge in [0.2, 0.25) is 0 Å². The van der Waals surface area contributed by atoms with Gasteiger partial charge in [-0.15, -0.1) is 0 Å². The van der Waals surface area contributed by atoms with Crippen LogP contribution in [-0.4, -0.2) is 39.1 Å². The average Bonchev–Trinajstić information content (AvgIpc) is 3.16. The zero-order valence-electron chi connectivity index (χ0n) is 12.9. The fourth-order valence-electron chi connectivity index (χ4n) is 2.80. The zero-order valence-corrected chi connectivity index (χ0v) is 12.9. The fraction of sp³-hybridized carbons (Fsp3) is 0.533. The predicted octanol–water partition coefficient (Wildman–Crippen LogP) is 1.53. The summed E-state index contributed by atoms with van der Waals surface area (Å²) in [6.07, 6.45) is 7.11. The molecule has 1 amide bonds. The summed E-state index contributed by atoms with van der Waals surface area (Å²) < 4.78 is 7.10. The Kier molecular flexibility index (Phi) is 4.24. The lowest BCUT2D eigenvalue weighted by Crippen LogP contribution is -2.28. The number of hydrogen-bond acceptors (Lipinski definition) is 4. The van der Waals surface area contributed by atoms with Crippen molar-refractivity contribution >= 4 is 5.91 Å². The van der Waals surface area contributed by atoms with Crippen LogP contribution in [0.2, 0.25) is 0 Å².